The number of allylic oxidation sites excluding steroid dienone is 1. The number of rotatable bonds is 2. The van der Waals surface area contributed by atoms with E-state index in [2.05, 4.69) is 151 Å². The number of para-hydroxylation sites is 2. The molecule has 1 aliphatic rings. The minimum absolute atomic E-state index is 0.495. The molecule has 1 atom stereocenters. The van der Waals surface area contributed by atoms with Crippen LogP contribution in [-0.4, -0.2) is 4.57 Å². The Morgan fingerprint density at radius 3 is 1.87 bits per heavy atom. The lowest BCUT2D eigenvalue weighted by Crippen LogP contribution is -2.02. The number of hydrogen-bond acceptors (Lipinski definition) is 1. The van der Waals surface area contributed by atoms with E-state index in [1.165, 1.54) is 91.5 Å². The second kappa shape index (κ2) is 9.41. The van der Waals surface area contributed by atoms with Gasteiger partial charge < -0.3 is 4.57 Å². The smallest absolute Gasteiger partial charge is 0.0541 e. The molecule has 7 aromatic carbocycles. The lowest BCUT2D eigenvalue weighted by Gasteiger charge is -2.23. The quantitative estimate of drug-likeness (QED) is 0.176. The zero-order chi connectivity index (χ0) is 29.6. The number of thiophene rings is 1. The molecular formula is C43H29NS. The maximum absolute atomic E-state index is 2.45. The summed E-state index contributed by atoms with van der Waals surface area (Å²) < 4.78 is 5.08. The molecule has 1 nitrogen and oxygen atoms in total. The van der Waals surface area contributed by atoms with Gasteiger partial charge in [-0.05, 0) is 105 Å². The normalized spacial score (nSPS) is 14.8. The average Bonchev–Trinajstić information content (AvgIpc) is 3.63. The van der Waals surface area contributed by atoms with Gasteiger partial charge in [0.2, 0.25) is 0 Å². The maximum Gasteiger partial charge on any atom is 0.0541 e. The molecule has 10 rings (SSSR count). The molecule has 2 heteroatoms. The summed E-state index contributed by atoms with van der Waals surface area (Å²) in [5.74, 6) is 0.495. The summed E-state index contributed by atoms with van der Waals surface area (Å²) in [5.41, 5.74) is 9.13. The van der Waals surface area contributed by atoms with Crippen LogP contribution < -0.4 is 0 Å². The van der Waals surface area contributed by atoms with Crippen molar-refractivity contribution < 1.29 is 0 Å². The van der Waals surface area contributed by atoms with Gasteiger partial charge in [-0.3, -0.25) is 0 Å². The van der Waals surface area contributed by atoms with Crippen molar-refractivity contribution in [1.29, 1.82) is 0 Å². The van der Waals surface area contributed by atoms with Gasteiger partial charge in [-0.25, -0.2) is 0 Å². The van der Waals surface area contributed by atoms with Crippen LogP contribution in [0.25, 0.3) is 86.4 Å². The number of nitrogens with zero attached hydrogens (tertiary/aromatic N) is 1. The van der Waals surface area contributed by atoms with Gasteiger partial charge >= 0.3 is 0 Å². The Kier molecular flexibility index (Phi) is 5.26. The highest BCUT2D eigenvalue weighted by molar-refractivity contribution is 7.25. The molecule has 0 N–H and O–H groups in total. The van der Waals surface area contributed by atoms with Crippen LogP contribution in [0, 0.1) is 0 Å². The van der Waals surface area contributed by atoms with E-state index in [0.29, 0.717) is 5.92 Å². The molecule has 2 aromatic heterocycles. The SMILES string of the molecule is CC1CC=Cc2c1c1cc(-c3ccc4sc5ccc(-n6c7ccccc7c7ccccc76)cc5c4c3)ccc1c1ccccc21. The van der Waals surface area contributed by atoms with Crippen molar-refractivity contribution in [2.24, 2.45) is 0 Å². The Hall–Kier alpha value is -5.18. The van der Waals surface area contributed by atoms with Crippen molar-refractivity contribution in [3.05, 3.63) is 145 Å². The topological polar surface area (TPSA) is 4.93 Å². The Labute approximate surface area is 265 Å². The van der Waals surface area contributed by atoms with E-state index < -0.39 is 0 Å². The molecule has 1 aliphatic carbocycles. The third-order valence-corrected chi connectivity index (χ3v) is 11.2. The first kappa shape index (κ1) is 25.2. The molecule has 1 unspecified atom stereocenters. The van der Waals surface area contributed by atoms with E-state index in [9.17, 15) is 0 Å². The Morgan fingerprint density at radius 2 is 1.11 bits per heavy atom. The van der Waals surface area contributed by atoms with Crippen molar-refractivity contribution in [2.75, 3.05) is 0 Å². The van der Waals surface area contributed by atoms with Crippen molar-refractivity contribution in [3.63, 3.8) is 0 Å². The molecule has 0 bridgehead atoms. The molecule has 0 amide bonds. The molecule has 0 radical (unpaired) electrons. The standard InChI is InChI=1S/C43H29NS/c1-26-9-8-14-35-31-11-3-2-10-30(31)32-20-17-27(24-38(32)43(26)35)28-18-21-41-36(23-28)37-25-29(19-22-42(37)45-41)44-39-15-6-4-12-33(39)34-13-5-7-16-40(34)44/h2-8,10-26H,9H2,1H3. The van der Waals surface area contributed by atoms with Crippen LogP contribution >= 0.6 is 11.3 Å². The van der Waals surface area contributed by atoms with E-state index in [-0.39, 0.29) is 0 Å². The Balaban J connectivity index is 1.18. The Bertz CT molecular complexity index is 2650. The van der Waals surface area contributed by atoms with Gasteiger partial charge in [0, 0.05) is 36.6 Å². The first-order valence-electron chi connectivity index (χ1n) is 15.8. The van der Waals surface area contributed by atoms with Crippen LogP contribution in [0.3, 0.4) is 0 Å². The van der Waals surface area contributed by atoms with E-state index in [1.54, 1.807) is 0 Å². The van der Waals surface area contributed by atoms with Gasteiger partial charge in [0.05, 0.1) is 11.0 Å². The molecule has 0 saturated heterocycles. The molecule has 0 spiro atoms. The van der Waals surface area contributed by atoms with Gasteiger partial charge in [-0.2, -0.15) is 0 Å². The fraction of sp³-hybridized carbons (Fsp3) is 0.0698. The summed E-state index contributed by atoms with van der Waals surface area (Å²) in [4.78, 5) is 0. The molecule has 0 saturated carbocycles. The Morgan fingerprint density at radius 1 is 0.533 bits per heavy atom. The number of benzene rings is 7. The average molecular weight is 592 g/mol. The van der Waals surface area contributed by atoms with Crippen LogP contribution in [0.15, 0.2) is 133 Å². The summed E-state index contributed by atoms with van der Waals surface area (Å²) in [6, 6.07) is 47.6. The summed E-state index contributed by atoms with van der Waals surface area (Å²) in [6.07, 6.45) is 5.78. The van der Waals surface area contributed by atoms with Gasteiger partial charge in [0.25, 0.3) is 0 Å². The summed E-state index contributed by atoms with van der Waals surface area (Å²) in [6.45, 7) is 2.38. The van der Waals surface area contributed by atoms with E-state index in [1.807, 2.05) is 11.3 Å². The zero-order valence-corrected chi connectivity index (χ0v) is 25.7. The maximum atomic E-state index is 2.45. The first-order valence-corrected chi connectivity index (χ1v) is 16.6. The molecule has 0 fully saturated rings. The van der Waals surface area contributed by atoms with E-state index in [0.717, 1.165) is 6.42 Å². The highest BCUT2D eigenvalue weighted by Crippen LogP contribution is 2.44. The van der Waals surface area contributed by atoms with Crippen molar-refractivity contribution in [2.45, 2.75) is 19.3 Å². The van der Waals surface area contributed by atoms with Gasteiger partial charge in [0.1, 0.15) is 0 Å². The minimum atomic E-state index is 0.495. The van der Waals surface area contributed by atoms with Gasteiger partial charge in [-0.1, -0.05) is 97.9 Å². The van der Waals surface area contributed by atoms with E-state index in [4.69, 9.17) is 0 Å². The highest BCUT2D eigenvalue weighted by Gasteiger charge is 2.20. The van der Waals surface area contributed by atoms with Gasteiger partial charge in [0.15, 0.2) is 0 Å². The van der Waals surface area contributed by atoms with E-state index >= 15 is 0 Å². The van der Waals surface area contributed by atoms with Crippen molar-refractivity contribution in [3.8, 4) is 16.8 Å². The summed E-state index contributed by atoms with van der Waals surface area (Å²) in [7, 11) is 0. The molecule has 9 aromatic rings. The highest BCUT2D eigenvalue weighted by atomic mass is 32.1. The second-order valence-electron chi connectivity index (χ2n) is 12.5. The lowest BCUT2D eigenvalue weighted by molar-refractivity contribution is 0.781. The second-order valence-corrected chi connectivity index (χ2v) is 13.6. The summed E-state index contributed by atoms with van der Waals surface area (Å²) in [5, 5.41) is 10.7. The summed E-state index contributed by atoms with van der Waals surface area (Å²) >= 11 is 1.88. The molecular weight excluding hydrogens is 563 g/mol. The minimum Gasteiger partial charge on any atom is -0.309 e. The largest absolute Gasteiger partial charge is 0.309 e. The fourth-order valence-corrected chi connectivity index (χ4v) is 8.99. The van der Waals surface area contributed by atoms with Crippen LogP contribution in [0.2, 0.25) is 0 Å². The number of hydrogen-bond donors (Lipinski definition) is 0. The van der Waals surface area contributed by atoms with Gasteiger partial charge in [-0.15, -0.1) is 11.3 Å². The third-order valence-electron chi connectivity index (χ3n) is 10.00. The number of fused-ring (bicyclic) bond motifs is 12. The third kappa shape index (κ3) is 3.61. The van der Waals surface area contributed by atoms with Crippen LogP contribution in [0.5, 0.6) is 0 Å². The first-order chi connectivity index (χ1) is 22.2. The molecule has 0 aliphatic heterocycles. The fourth-order valence-electron chi connectivity index (χ4n) is 7.93. The van der Waals surface area contributed by atoms with Crippen LogP contribution in [0.4, 0.5) is 0 Å². The number of aromatic nitrogens is 1. The predicted octanol–water partition coefficient (Wildman–Crippen LogP) is 12.6. The molecule has 45 heavy (non-hydrogen) atoms. The monoisotopic (exact) mass is 591 g/mol. The van der Waals surface area contributed by atoms with Crippen molar-refractivity contribution in [1.82, 2.24) is 4.57 Å². The van der Waals surface area contributed by atoms with Crippen LogP contribution in [0.1, 0.15) is 30.4 Å². The van der Waals surface area contributed by atoms with Crippen LogP contribution in [-0.2, 0) is 0 Å². The van der Waals surface area contributed by atoms with Crippen molar-refractivity contribution >= 4 is 80.9 Å². The zero-order valence-electron chi connectivity index (χ0n) is 24.9. The predicted molar refractivity (Wildman–Crippen MR) is 196 cm³/mol. The lowest BCUT2D eigenvalue weighted by atomic mass is 9.81. The molecule has 212 valence electrons. The molecule has 2 heterocycles.